The monoisotopic (exact) mass is 526 g/mol. The number of aliphatic hydroxyl groups excluding tert-OH is 1. The van der Waals surface area contributed by atoms with Gasteiger partial charge in [0.25, 0.3) is 5.91 Å². The number of hydrogen-bond donors (Lipinski definition) is 2. The highest BCUT2D eigenvalue weighted by Crippen LogP contribution is 2.34. The van der Waals surface area contributed by atoms with Gasteiger partial charge in [0.15, 0.2) is 0 Å². The molecule has 3 heterocycles. The molecule has 1 unspecified atom stereocenters. The fraction of sp³-hybridized carbons (Fsp3) is 0.429. The third kappa shape index (κ3) is 5.51. The van der Waals surface area contributed by atoms with E-state index >= 15 is 0 Å². The molecule has 37 heavy (non-hydrogen) atoms. The number of ether oxygens (including phenoxy) is 1. The van der Waals surface area contributed by atoms with Crippen LogP contribution in [0.15, 0.2) is 42.7 Å². The number of halogens is 2. The number of benzene rings is 1. The highest BCUT2D eigenvalue weighted by Gasteiger charge is 2.34. The molecule has 0 radical (unpaired) electrons. The number of nitrogens with one attached hydrogen (secondary N) is 1. The lowest BCUT2D eigenvalue weighted by Crippen LogP contribution is -2.49. The van der Waals surface area contributed by atoms with E-state index in [1.807, 2.05) is 22.9 Å². The van der Waals surface area contributed by atoms with E-state index in [0.717, 1.165) is 29.8 Å². The number of methoxy groups -OCH3 is 1. The molecular formula is C28H32ClFN4O3. The van der Waals surface area contributed by atoms with Crippen LogP contribution in [-0.2, 0) is 24.4 Å². The van der Waals surface area contributed by atoms with Gasteiger partial charge in [-0.15, -0.1) is 0 Å². The van der Waals surface area contributed by atoms with Gasteiger partial charge in [0.05, 0.1) is 24.3 Å². The molecule has 1 amide bonds. The second kappa shape index (κ2) is 11.2. The Kier molecular flexibility index (Phi) is 7.79. The molecule has 0 saturated heterocycles. The molecule has 3 aromatic rings. The van der Waals surface area contributed by atoms with Crippen molar-refractivity contribution < 1.29 is 19.0 Å². The Labute approximate surface area is 221 Å². The summed E-state index contributed by atoms with van der Waals surface area (Å²) >= 11 is 6.56. The third-order valence-electron chi connectivity index (χ3n) is 7.39. The molecular weight excluding hydrogens is 495 g/mol. The summed E-state index contributed by atoms with van der Waals surface area (Å²) in [6, 6.07) is 8.20. The smallest absolute Gasteiger partial charge is 0.271 e. The Morgan fingerprint density at radius 3 is 2.76 bits per heavy atom. The number of anilines is 1. The molecule has 5 rings (SSSR count). The summed E-state index contributed by atoms with van der Waals surface area (Å²) in [6.07, 6.45) is 9.59. The molecule has 2 N–H and O–H groups in total. The molecule has 1 aliphatic carbocycles. The summed E-state index contributed by atoms with van der Waals surface area (Å²) in [5.41, 5.74) is 3.34. The minimum atomic E-state index is -0.407. The Hall–Kier alpha value is -2.94. The molecule has 0 bridgehead atoms. The topological polar surface area (TPSA) is 79.6 Å². The van der Waals surface area contributed by atoms with Crippen molar-refractivity contribution in [3.8, 4) is 11.1 Å². The van der Waals surface area contributed by atoms with Crippen LogP contribution in [0.5, 0.6) is 0 Å². The lowest BCUT2D eigenvalue weighted by molar-refractivity contribution is 0.0386. The first-order chi connectivity index (χ1) is 18.0. The number of hydrogen-bond acceptors (Lipinski definition) is 5. The van der Waals surface area contributed by atoms with Gasteiger partial charge in [-0.25, -0.2) is 9.37 Å². The van der Waals surface area contributed by atoms with Crippen LogP contribution in [0.2, 0.25) is 5.02 Å². The summed E-state index contributed by atoms with van der Waals surface area (Å²) in [4.78, 5) is 19.9. The molecule has 2 aliphatic rings. The fourth-order valence-electron chi connectivity index (χ4n) is 5.44. The van der Waals surface area contributed by atoms with Crippen LogP contribution in [0.1, 0.15) is 53.7 Å². The lowest BCUT2D eigenvalue weighted by atomic mass is 9.95. The van der Waals surface area contributed by atoms with Gasteiger partial charge in [0.1, 0.15) is 17.3 Å². The van der Waals surface area contributed by atoms with Crippen molar-refractivity contribution in [2.45, 2.75) is 63.9 Å². The molecule has 0 spiro atoms. The van der Waals surface area contributed by atoms with Crippen LogP contribution in [0.25, 0.3) is 11.1 Å². The number of aliphatic hydroxyl groups is 1. The molecule has 1 saturated carbocycles. The average molecular weight is 527 g/mol. The maximum atomic E-state index is 14.0. The van der Waals surface area contributed by atoms with Gasteiger partial charge in [0.2, 0.25) is 0 Å². The van der Waals surface area contributed by atoms with Gasteiger partial charge in [-0.1, -0.05) is 36.9 Å². The maximum absolute atomic E-state index is 14.0. The summed E-state index contributed by atoms with van der Waals surface area (Å²) in [5.74, 6) is 0.192. The molecule has 1 fully saturated rings. The van der Waals surface area contributed by atoms with Crippen LogP contribution < -0.4 is 5.32 Å². The van der Waals surface area contributed by atoms with E-state index in [1.54, 1.807) is 24.3 Å². The van der Waals surface area contributed by atoms with E-state index in [1.165, 1.54) is 31.4 Å². The Balaban J connectivity index is 1.44. The standard InChI is InChI=1S/C28H32ClFN4O3/c1-37-17-23-15-33-13-20(24-11-27(31-12-25(24)29)32-22-5-3-2-4-6-22)10-26(33)28(36)34(23)14-19-9-21(30)8-7-18(19)16-35/h7-13,22-23,35H,2-6,14-17H2,1H3,(H,31,32). The Morgan fingerprint density at radius 1 is 1.19 bits per heavy atom. The zero-order valence-corrected chi connectivity index (χ0v) is 21.7. The lowest BCUT2D eigenvalue weighted by Gasteiger charge is -2.36. The van der Waals surface area contributed by atoms with E-state index in [-0.39, 0.29) is 25.1 Å². The first-order valence-electron chi connectivity index (χ1n) is 12.8. The van der Waals surface area contributed by atoms with Crippen molar-refractivity contribution in [3.05, 3.63) is 70.4 Å². The summed E-state index contributed by atoms with van der Waals surface area (Å²) in [5, 5.41) is 13.8. The largest absolute Gasteiger partial charge is 0.392 e. The first-order valence-corrected chi connectivity index (χ1v) is 13.1. The Morgan fingerprint density at radius 2 is 2.00 bits per heavy atom. The number of pyridine rings is 1. The van der Waals surface area contributed by atoms with E-state index < -0.39 is 5.82 Å². The highest BCUT2D eigenvalue weighted by atomic mass is 35.5. The SMILES string of the molecule is COCC1Cn2cc(-c3cc(NC4CCCCC4)ncc3Cl)cc2C(=O)N1Cc1cc(F)ccc1CO. The molecule has 196 valence electrons. The van der Waals surface area contributed by atoms with Gasteiger partial charge in [-0.2, -0.15) is 0 Å². The van der Waals surface area contributed by atoms with E-state index in [9.17, 15) is 14.3 Å². The number of aromatic nitrogens is 2. The van der Waals surface area contributed by atoms with E-state index in [4.69, 9.17) is 16.3 Å². The number of amides is 1. The predicted molar refractivity (Wildman–Crippen MR) is 141 cm³/mol. The summed E-state index contributed by atoms with van der Waals surface area (Å²) in [7, 11) is 1.60. The minimum Gasteiger partial charge on any atom is -0.392 e. The summed E-state index contributed by atoms with van der Waals surface area (Å²) in [6.45, 7) is 0.792. The van der Waals surface area contributed by atoms with Crippen molar-refractivity contribution in [2.75, 3.05) is 19.0 Å². The molecule has 1 aliphatic heterocycles. The first kappa shape index (κ1) is 25.7. The predicted octanol–water partition coefficient (Wildman–Crippen LogP) is 5.25. The van der Waals surface area contributed by atoms with E-state index in [2.05, 4.69) is 10.3 Å². The number of carbonyl (C=O) groups excluding carboxylic acids is 1. The number of nitrogens with zero attached hydrogens (tertiary/aromatic N) is 3. The molecule has 7 nitrogen and oxygen atoms in total. The number of rotatable bonds is 8. The van der Waals surface area contributed by atoms with Crippen LogP contribution in [-0.4, -0.2) is 51.3 Å². The van der Waals surface area contributed by atoms with Gasteiger partial charge >= 0.3 is 0 Å². The Bertz CT molecular complexity index is 1270. The molecule has 9 heteroatoms. The third-order valence-corrected chi connectivity index (χ3v) is 7.69. The maximum Gasteiger partial charge on any atom is 0.271 e. The second-order valence-corrected chi connectivity index (χ2v) is 10.3. The molecule has 1 atom stereocenters. The van der Waals surface area contributed by atoms with Crippen molar-refractivity contribution >= 4 is 23.3 Å². The van der Waals surface area contributed by atoms with Gasteiger partial charge in [-0.3, -0.25) is 4.79 Å². The van der Waals surface area contributed by atoms with Crippen molar-refractivity contribution in [1.29, 1.82) is 0 Å². The summed E-state index contributed by atoms with van der Waals surface area (Å²) < 4.78 is 21.3. The molecule has 1 aromatic carbocycles. The zero-order chi connectivity index (χ0) is 25.9. The zero-order valence-electron chi connectivity index (χ0n) is 20.9. The van der Waals surface area contributed by atoms with Crippen LogP contribution in [0.3, 0.4) is 0 Å². The average Bonchev–Trinajstić information content (AvgIpc) is 3.32. The fourth-order valence-corrected chi connectivity index (χ4v) is 5.65. The van der Waals surface area contributed by atoms with Crippen LogP contribution >= 0.6 is 11.6 Å². The van der Waals surface area contributed by atoms with Crippen LogP contribution in [0.4, 0.5) is 10.2 Å². The van der Waals surface area contributed by atoms with E-state index in [0.29, 0.717) is 41.0 Å². The van der Waals surface area contributed by atoms with Crippen molar-refractivity contribution in [1.82, 2.24) is 14.5 Å². The number of carbonyl (C=O) groups is 1. The minimum absolute atomic E-state index is 0.173. The second-order valence-electron chi connectivity index (χ2n) is 9.91. The van der Waals surface area contributed by atoms with Crippen molar-refractivity contribution in [3.63, 3.8) is 0 Å². The molecule has 2 aromatic heterocycles. The van der Waals surface area contributed by atoms with Gasteiger partial charge < -0.3 is 24.6 Å². The quantitative estimate of drug-likeness (QED) is 0.419. The van der Waals surface area contributed by atoms with Gasteiger partial charge in [0, 0.05) is 49.8 Å². The number of fused-ring (bicyclic) bond motifs is 1. The van der Waals surface area contributed by atoms with Crippen LogP contribution in [0, 0.1) is 5.82 Å². The normalized spacial score (nSPS) is 18.2. The van der Waals surface area contributed by atoms with Crippen molar-refractivity contribution in [2.24, 2.45) is 0 Å². The van der Waals surface area contributed by atoms with Gasteiger partial charge in [-0.05, 0) is 48.2 Å². The highest BCUT2D eigenvalue weighted by molar-refractivity contribution is 6.33.